The van der Waals surface area contributed by atoms with Gasteiger partial charge < -0.3 is 21.3 Å². The minimum atomic E-state index is -0.341. The second-order valence-corrected chi connectivity index (χ2v) is 6.97. The van der Waals surface area contributed by atoms with Gasteiger partial charge in [-0.25, -0.2) is 9.18 Å². The van der Waals surface area contributed by atoms with Crippen LogP contribution in [0.5, 0.6) is 0 Å². The van der Waals surface area contributed by atoms with Gasteiger partial charge in [0, 0.05) is 36.8 Å². The fourth-order valence-electron chi connectivity index (χ4n) is 3.63. The minimum absolute atomic E-state index is 0.0373. The lowest BCUT2D eigenvalue weighted by molar-refractivity contribution is -0.136. The third-order valence-corrected chi connectivity index (χ3v) is 5.07. The highest BCUT2D eigenvalue weighted by Crippen LogP contribution is 2.27. The van der Waals surface area contributed by atoms with E-state index in [0.29, 0.717) is 18.8 Å². The highest BCUT2D eigenvalue weighted by molar-refractivity contribution is 5.89. The van der Waals surface area contributed by atoms with Crippen LogP contribution in [0.15, 0.2) is 24.3 Å². The number of anilines is 1. The van der Waals surface area contributed by atoms with E-state index in [1.165, 1.54) is 24.3 Å². The first kappa shape index (κ1) is 17.7. The number of nitrogens with two attached hydrogens (primary N) is 1. The summed E-state index contributed by atoms with van der Waals surface area (Å²) in [4.78, 5) is 26.4. The Balaban J connectivity index is 1.42. The second-order valence-electron chi connectivity index (χ2n) is 6.97. The summed E-state index contributed by atoms with van der Waals surface area (Å²) in [6.45, 7) is 1.32. The van der Waals surface area contributed by atoms with E-state index >= 15 is 0 Å². The van der Waals surface area contributed by atoms with Crippen LogP contribution in [0.2, 0.25) is 0 Å². The minimum Gasteiger partial charge on any atom is -0.342 e. The van der Waals surface area contributed by atoms with Crippen molar-refractivity contribution in [2.45, 2.75) is 44.2 Å². The van der Waals surface area contributed by atoms with Crippen LogP contribution in [-0.4, -0.2) is 42.0 Å². The molecule has 7 heteroatoms. The Morgan fingerprint density at radius 3 is 2.36 bits per heavy atom. The monoisotopic (exact) mass is 348 g/mol. The summed E-state index contributed by atoms with van der Waals surface area (Å²) in [5, 5.41) is 5.61. The Hall–Kier alpha value is -2.15. The zero-order valence-corrected chi connectivity index (χ0v) is 14.2. The lowest BCUT2D eigenvalue weighted by Crippen LogP contribution is -2.48. The molecular formula is C18H25FN4O2. The molecule has 3 rings (SSSR count). The number of benzene rings is 1. The average molecular weight is 348 g/mol. The Bertz CT molecular complexity index is 614. The SMILES string of the molecule is NC1CCC(C(=O)N2CCC(NC(=O)Nc3ccc(F)cc3)CC2)C1. The van der Waals surface area contributed by atoms with Gasteiger partial charge in [0.25, 0.3) is 0 Å². The van der Waals surface area contributed by atoms with Gasteiger partial charge in [-0.1, -0.05) is 0 Å². The number of nitrogens with zero attached hydrogens (tertiary/aromatic N) is 1. The third-order valence-electron chi connectivity index (χ3n) is 5.07. The molecule has 2 fully saturated rings. The molecule has 1 heterocycles. The molecule has 4 N–H and O–H groups in total. The molecule has 1 aliphatic carbocycles. The molecule has 2 aliphatic rings. The summed E-state index contributed by atoms with van der Waals surface area (Å²) in [6, 6.07) is 5.52. The lowest BCUT2D eigenvalue weighted by atomic mass is 10.0. The van der Waals surface area contributed by atoms with Crippen molar-refractivity contribution in [1.29, 1.82) is 0 Å². The van der Waals surface area contributed by atoms with Gasteiger partial charge >= 0.3 is 6.03 Å². The van der Waals surface area contributed by atoms with Crippen LogP contribution < -0.4 is 16.4 Å². The number of hydrogen-bond donors (Lipinski definition) is 3. The number of likely N-dealkylation sites (tertiary alicyclic amines) is 1. The maximum Gasteiger partial charge on any atom is 0.319 e. The molecule has 1 saturated heterocycles. The van der Waals surface area contributed by atoms with Gasteiger partial charge in [-0.15, -0.1) is 0 Å². The molecule has 2 atom stereocenters. The Morgan fingerprint density at radius 2 is 1.76 bits per heavy atom. The van der Waals surface area contributed by atoms with E-state index in [1.807, 2.05) is 4.90 Å². The number of halogens is 1. The van der Waals surface area contributed by atoms with E-state index < -0.39 is 0 Å². The molecule has 1 aliphatic heterocycles. The number of rotatable bonds is 3. The van der Waals surface area contributed by atoms with Crippen LogP contribution in [0.1, 0.15) is 32.1 Å². The number of piperidine rings is 1. The van der Waals surface area contributed by atoms with Crippen molar-refractivity contribution in [2.75, 3.05) is 18.4 Å². The third kappa shape index (κ3) is 4.69. The van der Waals surface area contributed by atoms with Crippen LogP contribution in [0, 0.1) is 11.7 Å². The first-order chi connectivity index (χ1) is 12.0. The molecule has 0 bridgehead atoms. The summed E-state index contributed by atoms with van der Waals surface area (Å²) in [7, 11) is 0. The highest BCUT2D eigenvalue weighted by Gasteiger charge is 2.33. The van der Waals surface area contributed by atoms with E-state index in [0.717, 1.165) is 32.1 Å². The second kappa shape index (κ2) is 7.82. The van der Waals surface area contributed by atoms with Gasteiger partial charge in [-0.3, -0.25) is 4.79 Å². The number of amides is 3. The average Bonchev–Trinajstić information content (AvgIpc) is 3.03. The zero-order chi connectivity index (χ0) is 17.8. The summed E-state index contributed by atoms with van der Waals surface area (Å²) < 4.78 is 12.9. The summed E-state index contributed by atoms with van der Waals surface area (Å²) >= 11 is 0. The lowest BCUT2D eigenvalue weighted by Gasteiger charge is -2.34. The molecule has 1 aromatic rings. The van der Waals surface area contributed by atoms with Crippen LogP contribution in [0.4, 0.5) is 14.9 Å². The molecule has 0 radical (unpaired) electrons. The van der Waals surface area contributed by atoms with E-state index in [-0.39, 0.29) is 35.8 Å². The van der Waals surface area contributed by atoms with E-state index in [4.69, 9.17) is 5.73 Å². The number of urea groups is 1. The topological polar surface area (TPSA) is 87.5 Å². The van der Waals surface area contributed by atoms with E-state index in [2.05, 4.69) is 10.6 Å². The van der Waals surface area contributed by atoms with Crippen molar-refractivity contribution in [3.8, 4) is 0 Å². The molecule has 25 heavy (non-hydrogen) atoms. The maximum atomic E-state index is 12.9. The van der Waals surface area contributed by atoms with Gasteiger partial charge in [-0.05, 0) is 56.4 Å². The predicted octanol–water partition coefficient (Wildman–Crippen LogP) is 2.07. The van der Waals surface area contributed by atoms with Gasteiger partial charge in [0.05, 0.1) is 0 Å². The molecule has 1 saturated carbocycles. The molecule has 6 nitrogen and oxygen atoms in total. The first-order valence-corrected chi connectivity index (χ1v) is 8.88. The van der Waals surface area contributed by atoms with Crippen molar-refractivity contribution < 1.29 is 14.0 Å². The number of carbonyl (C=O) groups excluding carboxylic acids is 2. The Kier molecular flexibility index (Phi) is 5.53. The fraction of sp³-hybridized carbons (Fsp3) is 0.556. The van der Waals surface area contributed by atoms with E-state index in [9.17, 15) is 14.0 Å². The standard InChI is InChI=1S/C18H25FN4O2/c19-13-2-5-15(6-3-13)21-18(25)22-16-7-9-23(10-8-16)17(24)12-1-4-14(20)11-12/h2-3,5-6,12,14,16H,1,4,7-11,20H2,(H2,21,22,25). The largest absolute Gasteiger partial charge is 0.342 e. The maximum absolute atomic E-state index is 12.9. The number of nitrogens with one attached hydrogen (secondary N) is 2. The Labute approximate surface area is 146 Å². The van der Waals surface area contributed by atoms with Gasteiger partial charge in [0.1, 0.15) is 5.82 Å². The predicted molar refractivity (Wildman–Crippen MR) is 93.5 cm³/mol. The Morgan fingerprint density at radius 1 is 1.08 bits per heavy atom. The van der Waals surface area contributed by atoms with Crippen LogP contribution in [0.3, 0.4) is 0 Å². The van der Waals surface area contributed by atoms with E-state index in [1.54, 1.807) is 0 Å². The number of hydrogen-bond acceptors (Lipinski definition) is 3. The quantitative estimate of drug-likeness (QED) is 0.781. The van der Waals surface area contributed by atoms with Crippen molar-refractivity contribution in [2.24, 2.45) is 11.7 Å². The fourth-order valence-corrected chi connectivity index (χ4v) is 3.63. The summed E-state index contributed by atoms with van der Waals surface area (Å²) in [5.74, 6) is -0.0605. The van der Waals surface area contributed by atoms with Crippen molar-refractivity contribution in [3.63, 3.8) is 0 Å². The van der Waals surface area contributed by atoms with Crippen LogP contribution in [-0.2, 0) is 4.79 Å². The zero-order valence-electron chi connectivity index (χ0n) is 14.2. The molecule has 3 amide bonds. The van der Waals surface area contributed by atoms with Crippen LogP contribution >= 0.6 is 0 Å². The molecule has 0 spiro atoms. The van der Waals surface area contributed by atoms with Gasteiger partial charge in [0.2, 0.25) is 5.91 Å². The molecule has 1 aromatic carbocycles. The van der Waals surface area contributed by atoms with Crippen molar-refractivity contribution >= 4 is 17.6 Å². The first-order valence-electron chi connectivity index (χ1n) is 8.88. The van der Waals surface area contributed by atoms with Gasteiger partial charge in [0.15, 0.2) is 0 Å². The number of carbonyl (C=O) groups is 2. The van der Waals surface area contributed by atoms with Gasteiger partial charge in [-0.2, -0.15) is 0 Å². The van der Waals surface area contributed by atoms with Crippen LogP contribution in [0.25, 0.3) is 0 Å². The summed E-state index contributed by atoms with van der Waals surface area (Å²) in [5.41, 5.74) is 6.44. The highest BCUT2D eigenvalue weighted by atomic mass is 19.1. The smallest absolute Gasteiger partial charge is 0.319 e. The molecule has 136 valence electrons. The van der Waals surface area contributed by atoms with Crippen molar-refractivity contribution in [3.05, 3.63) is 30.1 Å². The molecule has 2 unspecified atom stereocenters. The van der Waals surface area contributed by atoms with Crippen molar-refractivity contribution in [1.82, 2.24) is 10.2 Å². The molecule has 0 aromatic heterocycles. The normalized spacial score (nSPS) is 24.2. The summed E-state index contributed by atoms with van der Waals surface area (Å²) in [6.07, 6.45) is 4.08. The molecular weight excluding hydrogens is 323 g/mol.